The number of amides is 1. The van der Waals surface area contributed by atoms with Crippen LogP contribution in [-0.2, 0) is 9.59 Å². The molecule has 6 heteroatoms. The van der Waals surface area contributed by atoms with Crippen LogP contribution in [0.5, 0.6) is 0 Å². The summed E-state index contributed by atoms with van der Waals surface area (Å²) in [7, 11) is 0. The van der Waals surface area contributed by atoms with Crippen LogP contribution in [0.2, 0.25) is 0 Å². The minimum absolute atomic E-state index is 0.0385. The van der Waals surface area contributed by atoms with Crippen molar-refractivity contribution in [3.63, 3.8) is 0 Å². The molecule has 0 fully saturated rings. The Balaban J connectivity index is 3.86. The van der Waals surface area contributed by atoms with E-state index in [2.05, 4.69) is 19.1 Å². The van der Waals surface area contributed by atoms with E-state index in [0.29, 0.717) is 6.42 Å². The molecule has 0 heterocycles. The molecule has 0 unspecified atom stereocenters. The van der Waals surface area contributed by atoms with Crippen molar-refractivity contribution in [3.05, 3.63) is 12.2 Å². The maximum absolute atomic E-state index is 12.6. The third-order valence-corrected chi connectivity index (χ3v) is 5.68. The number of quaternary nitrogens is 1. The van der Waals surface area contributed by atoms with E-state index in [1.54, 1.807) is 0 Å². The fourth-order valence-corrected chi connectivity index (χ4v) is 3.83. The first-order valence-corrected chi connectivity index (χ1v) is 12.0. The summed E-state index contributed by atoms with van der Waals surface area (Å²) < 4.78 is -0.369. The first-order chi connectivity index (χ1) is 14.5. The van der Waals surface area contributed by atoms with Gasteiger partial charge in [0.2, 0.25) is 0 Å². The molecular weight excluding hydrogens is 382 g/mol. The zero-order valence-electron chi connectivity index (χ0n) is 19.2. The van der Waals surface area contributed by atoms with Gasteiger partial charge in [-0.25, -0.2) is 14.1 Å². The number of hydrogen-bond donors (Lipinski definition) is 3. The van der Waals surface area contributed by atoms with Crippen molar-refractivity contribution in [3.8, 4) is 0 Å². The second-order valence-electron chi connectivity index (χ2n) is 8.32. The molecule has 0 aromatic carbocycles. The SMILES string of the molecule is CCCCCCCC/C=C/CCCCCCCC(=O)[N+](CCO)(CCO)CC(=O)O. The van der Waals surface area contributed by atoms with Crippen molar-refractivity contribution in [2.45, 2.75) is 96.8 Å². The van der Waals surface area contributed by atoms with Gasteiger partial charge in [-0.1, -0.05) is 70.4 Å². The Morgan fingerprint density at radius 1 is 0.733 bits per heavy atom. The number of hydrogen-bond acceptors (Lipinski definition) is 4. The zero-order valence-corrected chi connectivity index (χ0v) is 19.2. The molecule has 176 valence electrons. The van der Waals surface area contributed by atoms with Gasteiger partial charge in [-0.3, -0.25) is 0 Å². The molecule has 0 spiro atoms. The normalized spacial score (nSPS) is 12.0. The number of carbonyl (C=O) groups excluding carboxylic acids is 1. The van der Waals surface area contributed by atoms with Crippen molar-refractivity contribution in [2.75, 3.05) is 32.8 Å². The maximum Gasteiger partial charge on any atom is 0.359 e. The van der Waals surface area contributed by atoms with Gasteiger partial charge in [-0.15, -0.1) is 0 Å². The van der Waals surface area contributed by atoms with E-state index in [-0.39, 0.29) is 43.2 Å². The number of nitrogens with zero attached hydrogens (tertiary/aromatic N) is 1. The molecule has 0 atom stereocenters. The van der Waals surface area contributed by atoms with Gasteiger partial charge in [0.05, 0.1) is 19.6 Å². The van der Waals surface area contributed by atoms with Crippen LogP contribution in [0.25, 0.3) is 0 Å². The molecule has 30 heavy (non-hydrogen) atoms. The summed E-state index contributed by atoms with van der Waals surface area (Å²) in [6.45, 7) is 1.39. The first-order valence-electron chi connectivity index (χ1n) is 12.0. The third kappa shape index (κ3) is 14.7. The number of carbonyl (C=O) groups is 2. The van der Waals surface area contributed by atoms with E-state index >= 15 is 0 Å². The summed E-state index contributed by atoms with van der Waals surface area (Å²) >= 11 is 0. The quantitative estimate of drug-likeness (QED) is 0.143. The predicted octanol–water partition coefficient (Wildman–Crippen LogP) is 4.44. The average Bonchev–Trinajstić information content (AvgIpc) is 2.70. The van der Waals surface area contributed by atoms with Crippen molar-refractivity contribution >= 4 is 11.9 Å². The van der Waals surface area contributed by atoms with Crippen LogP contribution in [0.3, 0.4) is 0 Å². The highest BCUT2D eigenvalue weighted by Crippen LogP contribution is 2.15. The summed E-state index contributed by atoms with van der Waals surface area (Å²) in [5.74, 6) is -1.28. The third-order valence-electron chi connectivity index (χ3n) is 5.68. The Morgan fingerprint density at radius 2 is 1.20 bits per heavy atom. The van der Waals surface area contributed by atoms with Crippen molar-refractivity contribution in [1.29, 1.82) is 0 Å². The van der Waals surface area contributed by atoms with Gasteiger partial charge in [0.25, 0.3) is 0 Å². The number of aliphatic hydroxyl groups is 2. The highest BCUT2D eigenvalue weighted by Gasteiger charge is 2.37. The summed E-state index contributed by atoms with van der Waals surface area (Å²) in [6, 6.07) is 0. The lowest BCUT2D eigenvalue weighted by Gasteiger charge is -2.33. The Kier molecular flexibility index (Phi) is 18.9. The van der Waals surface area contributed by atoms with Gasteiger partial charge in [-0.2, -0.15) is 0 Å². The van der Waals surface area contributed by atoms with Crippen LogP contribution >= 0.6 is 0 Å². The molecule has 3 N–H and O–H groups in total. The molecule has 0 aliphatic heterocycles. The lowest BCUT2D eigenvalue weighted by molar-refractivity contribution is -0.848. The number of aliphatic hydroxyl groups excluding tert-OH is 2. The van der Waals surface area contributed by atoms with Crippen LogP contribution in [0, 0.1) is 0 Å². The molecule has 1 amide bonds. The highest BCUT2D eigenvalue weighted by atomic mass is 16.4. The van der Waals surface area contributed by atoms with Gasteiger partial charge < -0.3 is 15.3 Å². The largest absolute Gasteiger partial charge is 0.477 e. The van der Waals surface area contributed by atoms with Crippen LogP contribution in [-0.4, -0.2) is 64.5 Å². The van der Waals surface area contributed by atoms with Gasteiger partial charge in [-0.05, 0) is 32.1 Å². The molecule has 0 saturated heterocycles. The molecule has 0 radical (unpaired) electrons. The summed E-state index contributed by atoms with van der Waals surface area (Å²) in [5.41, 5.74) is 0. The number of carboxylic acid groups (broad SMARTS) is 1. The predicted molar refractivity (Wildman–Crippen MR) is 121 cm³/mol. The van der Waals surface area contributed by atoms with Crippen LogP contribution in [0.15, 0.2) is 12.2 Å². The number of allylic oxidation sites excluding steroid dienone is 2. The summed E-state index contributed by atoms with van der Waals surface area (Å²) in [4.78, 5) is 23.7. The number of carboxylic acids is 1. The van der Waals surface area contributed by atoms with E-state index in [1.807, 2.05) is 0 Å². The molecule has 0 bridgehead atoms. The van der Waals surface area contributed by atoms with Crippen molar-refractivity contribution in [2.24, 2.45) is 0 Å². The number of rotatable bonds is 21. The summed E-state index contributed by atoms with van der Waals surface area (Å²) in [6.07, 6.45) is 20.2. The van der Waals surface area contributed by atoms with E-state index in [4.69, 9.17) is 5.11 Å². The minimum atomic E-state index is -1.09. The van der Waals surface area contributed by atoms with Gasteiger partial charge in [0.1, 0.15) is 13.1 Å². The lowest BCUT2D eigenvalue weighted by atomic mass is 10.1. The molecule has 0 aromatic heterocycles. The van der Waals surface area contributed by atoms with E-state index in [1.165, 1.54) is 44.9 Å². The molecule has 0 aliphatic rings. The second-order valence-corrected chi connectivity index (χ2v) is 8.32. The van der Waals surface area contributed by atoms with E-state index < -0.39 is 5.97 Å². The highest BCUT2D eigenvalue weighted by molar-refractivity contribution is 5.74. The van der Waals surface area contributed by atoms with E-state index in [0.717, 1.165) is 38.5 Å². The monoisotopic (exact) mass is 428 g/mol. The van der Waals surface area contributed by atoms with Crippen molar-refractivity contribution in [1.82, 2.24) is 0 Å². The van der Waals surface area contributed by atoms with Crippen LogP contribution < -0.4 is 0 Å². The molecular formula is C24H46NO5+. The Bertz CT molecular complexity index is 459. The maximum atomic E-state index is 12.6. The van der Waals surface area contributed by atoms with Gasteiger partial charge >= 0.3 is 11.9 Å². The number of aliphatic carboxylic acids is 1. The Hall–Kier alpha value is -1.24. The fourth-order valence-electron chi connectivity index (χ4n) is 3.83. The lowest BCUT2D eigenvalue weighted by Crippen LogP contribution is -2.58. The molecule has 0 saturated carbocycles. The van der Waals surface area contributed by atoms with E-state index in [9.17, 15) is 19.8 Å². The number of unbranched alkanes of at least 4 members (excludes halogenated alkanes) is 11. The van der Waals surface area contributed by atoms with Gasteiger partial charge in [0.15, 0.2) is 6.54 Å². The Labute approximate surface area is 183 Å². The first kappa shape index (κ1) is 28.8. The summed E-state index contributed by atoms with van der Waals surface area (Å²) in [5, 5.41) is 27.6. The Morgan fingerprint density at radius 3 is 1.67 bits per heavy atom. The van der Waals surface area contributed by atoms with Crippen LogP contribution in [0.4, 0.5) is 0 Å². The minimum Gasteiger partial charge on any atom is -0.477 e. The zero-order chi connectivity index (χ0) is 22.5. The molecule has 0 aliphatic carbocycles. The van der Waals surface area contributed by atoms with Crippen molar-refractivity contribution < 1.29 is 29.4 Å². The average molecular weight is 429 g/mol. The molecule has 0 aromatic rings. The standard InChI is InChI=1S/C24H45NO5/c1-2-3-4-5-6-7-8-9-10-11-12-13-14-15-16-17-23(28)25(18-20-26,19-21-27)22-24(29)30/h9-10,26-27H,2-8,11-22H2,1H3/p+1/b10-9+. The van der Waals surface area contributed by atoms with Gasteiger partial charge in [0, 0.05) is 0 Å². The topological polar surface area (TPSA) is 94.8 Å². The smallest absolute Gasteiger partial charge is 0.359 e. The fraction of sp³-hybridized carbons (Fsp3) is 0.833. The molecule has 6 nitrogen and oxygen atoms in total. The van der Waals surface area contributed by atoms with Crippen LogP contribution in [0.1, 0.15) is 96.8 Å². The second kappa shape index (κ2) is 19.7. The molecule has 0 rings (SSSR count).